The molecular formula is C17H14FNS. The summed E-state index contributed by atoms with van der Waals surface area (Å²) in [6.45, 7) is 0.914. The lowest BCUT2D eigenvalue weighted by Crippen LogP contribution is -2.07. The lowest BCUT2D eigenvalue weighted by atomic mass is 10.0. The zero-order valence-corrected chi connectivity index (χ0v) is 11.7. The Morgan fingerprint density at radius 2 is 2.00 bits per heavy atom. The van der Waals surface area contributed by atoms with Gasteiger partial charge in [0.2, 0.25) is 0 Å². The number of thioether (sulfide) groups is 1. The largest absolute Gasteiger partial charge is 0.347 e. The predicted molar refractivity (Wildman–Crippen MR) is 81.8 cm³/mol. The maximum Gasteiger partial charge on any atom is 0.132 e. The molecule has 1 aromatic heterocycles. The first kappa shape index (κ1) is 12.0. The smallest absolute Gasteiger partial charge is 0.132 e. The molecule has 0 saturated carbocycles. The van der Waals surface area contributed by atoms with Crippen LogP contribution in [0.25, 0.3) is 10.9 Å². The number of halogens is 1. The van der Waals surface area contributed by atoms with E-state index in [0.29, 0.717) is 11.3 Å². The van der Waals surface area contributed by atoms with Gasteiger partial charge in [0.05, 0.1) is 5.52 Å². The molecule has 0 radical (unpaired) electrons. The van der Waals surface area contributed by atoms with Crippen LogP contribution in [0.1, 0.15) is 11.5 Å². The normalized spacial score (nSPS) is 17.6. The van der Waals surface area contributed by atoms with E-state index in [1.165, 1.54) is 16.5 Å². The van der Waals surface area contributed by atoms with E-state index < -0.39 is 0 Å². The molecular weight excluding hydrogens is 269 g/mol. The van der Waals surface area contributed by atoms with Crippen molar-refractivity contribution in [2.24, 2.45) is 0 Å². The number of nitrogens with zero attached hydrogens (tertiary/aromatic N) is 1. The minimum absolute atomic E-state index is 0.137. The molecule has 0 N–H and O–H groups in total. The average Bonchev–Trinajstić information content (AvgIpc) is 3.06. The van der Waals surface area contributed by atoms with Crippen LogP contribution < -0.4 is 0 Å². The van der Waals surface area contributed by atoms with Gasteiger partial charge in [0.15, 0.2) is 0 Å². The van der Waals surface area contributed by atoms with E-state index in [1.54, 1.807) is 6.07 Å². The van der Waals surface area contributed by atoms with Crippen molar-refractivity contribution in [1.29, 1.82) is 0 Å². The molecule has 3 heteroatoms. The molecule has 0 amide bonds. The molecule has 0 fully saturated rings. The number of fused-ring (bicyclic) bond motifs is 2. The SMILES string of the molecule is Fc1cccc2c1ccn2CC1CSc2ccccc21. The summed E-state index contributed by atoms with van der Waals surface area (Å²) in [5.41, 5.74) is 2.41. The van der Waals surface area contributed by atoms with Crippen molar-refractivity contribution in [2.75, 3.05) is 5.75 Å². The highest BCUT2D eigenvalue weighted by Crippen LogP contribution is 2.40. The van der Waals surface area contributed by atoms with Crippen molar-refractivity contribution < 1.29 is 4.39 Å². The maximum atomic E-state index is 13.7. The highest BCUT2D eigenvalue weighted by atomic mass is 32.2. The molecule has 0 bridgehead atoms. The molecule has 0 aliphatic carbocycles. The van der Waals surface area contributed by atoms with Gasteiger partial charge in [-0.2, -0.15) is 0 Å². The van der Waals surface area contributed by atoms with Crippen LogP contribution in [0.3, 0.4) is 0 Å². The van der Waals surface area contributed by atoms with Gasteiger partial charge >= 0.3 is 0 Å². The lowest BCUT2D eigenvalue weighted by Gasteiger charge is -2.13. The van der Waals surface area contributed by atoms with Crippen molar-refractivity contribution >= 4 is 22.7 Å². The summed E-state index contributed by atoms with van der Waals surface area (Å²) in [6, 6.07) is 15.8. The Balaban J connectivity index is 1.71. The molecule has 1 nitrogen and oxygen atoms in total. The second-order valence-corrected chi connectivity index (χ2v) is 6.25. The van der Waals surface area contributed by atoms with Crippen LogP contribution in [0, 0.1) is 5.82 Å². The van der Waals surface area contributed by atoms with Gasteiger partial charge in [-0.1, -0.05) is 24.3 Å². The van der Waals surface area contributed by atoms with Gasteiger partial charge in [-0.25, -0.2) is 4.39 Å². The Bertz CT molecular complexity index is 778. The monoisotopic (exact) mass is 283 g/mol. The zero-order valence-electron chi connectivity index (χ0n) is 10.9. The zero-order chi connectivity index (χ0) is 13.5. The molecule has 4 rings (SSSR count). The predicted octanol–water partition coefficient (Wildman–Crippen LogP) is 4.67. The number of hydrogen-bond acceptors (Lipinski definition) is 1. The van der Waals surface area contributed by atoms with Crippen LogP contribution in [0.4, 0.5) is 4.39 Å². The van der Waals surface area contributed by atoms with E-state index in [-0.39, 0.29) is 5.82 Å². The molecule has 3 aromatic rings. The summed E-state index contributed by atoms with van der Waals surface area (Å²) in [5, 5.41) is 0.714. The van der Waals surface area contributed by atoms with E-state index in [9.17, 15) is 4.39 Å². The number of hydrogen-bond donors (Lipinski definition) is 0. The molecule has 1 aliphatic heterocycles. The molecule has 2 heterocycles. The van der Waals surface area contributed by atoms with Crippen molar-refractivity contribution in [2.45, 2.75) is 17.4 Å². The molecule has 20 heavy (non-hydrogen) atoms. The van der Waals surface area contributed by atoms with Crippen LogP contribution in [0.15, 0.2) is 59.6 Å². The third kappa shape index (κ3) is 1.85. The van der Waals surface area contributed by atoms with Crippen LogP contribution >= 0.6 is 11.8 Å². The fourth-order valence-corrected chi connectivity index (χ4v) is 4.20. The number of rotatable bonds is 2. The Kier molecular flexibility index (Phi) is 2.81. The number of aromatic nitrogens is 1. The first-order valence-corrected chi connectivity index (χ1v) is 7.76. The van der Waals surface area contributed by atoms with Crippen LogP contribution in [0.5, 0.6) is 0 Å². The Hall–Kier alpha value is -1.74. The van der Waals surface area contributed by atoms with E-state index in [1.807, 2.05) is 30.1 Å². The van der Waals surface area contributed by atoms with E-state index in [0.717, 1.165) is 17.8 Å². The molecule has 0 saturated heterocycles. The fraction of sp³-hybridized carbons (Fsp3) is 0.176. The van der Waals surface area contributed by atoms with Gasteiger partial charge in [-0.15, -0.1) is 11.8 Å². The summed E-state index contributed by atoms with van der Waals surface area (Å²) in [4.78, 5) is 1.39. The maximum absolute atomic E-state index is 13.7. The number of benzene rings is 2. The van der Waals surface area contributed by atoms with Crippen molar-refractivity contribution in [3.8, 4) is 0 Å². The third-order valence-corrected chi connectivity index (χ3v) is 5.23. The van der Waals surface area contributed by atoms with Crippen LogP contribution in [-0.2, 0) is 6.54 Å². The highest BCUT2D eigenvalue weighted by molar-refractivity contribution is 7.99. The van der Waals surface area contributed by atoms with E-state index in [2.05, 4.69) is 28.8 Å². The van der Waals surface area contributed by atoms with Crippen molar-refractivity contribution in [1.82, 2.24) is 4.57 Å². The average molecular weight is 283 g/mol. The summed E-state index contributed by atoms with van der Waals surface area (Å²) in [7, 11) is 0. The second-order valence-electron chi connectivity index (χ2n) is 5.19. The standard InChI is InChI=1S/C17H14FNS/c18-15-5-3-6-16-14(15)8-9-19(16)10-12-11-20-17-7-2-1-4-13(12)17/h1-9,12H,10-11H2. The van der Waals surface area contributed by atoms with E-state index in [4.69, 9.17) is 0 Å². The lowest BCUT2D eigenvalue weighted by molar-refractivity contribution is 0.620. The third-order valence-electron chi connectivity index (χ3n) is 3.98. The van der Waals surface area contributed by atoms with Gasteiger partial charge in [0.25, 0.3) is 0 Å². The molecule has 2 aromatic carbocycles. The van der Waals surface area contributed by atoms with Gasteiger partial charge < -0.3 is 4.57 Å². The van der Waals surface area contributed by atoms with Crippen LogP contribution in [-0.4, -0.2) is 10.3 Å². The quantitative estimate of drug-likeness (QED) is 0.661. The van der Waals surface area contributed by atoms with Crippen molar-refractivity contribution in [3.05, 3.63) is 66.1 Å². The van der Waals surface area contributed by atoms with Crippen molar-refractivity contribution in [3.63, 3.8) is 0 Å². The van der Waals surface area contributed by atoms with Crippen LogP contribution in [0.2, 0.25) is 0 Å². The molecule has 1 unspecified atom stereocenters. The Labute approximate surface area is 121 Å². The first-order valence-electron chi connectivity index (χ1n) is 6.78. The minimum Gasteiger partial charge on any atom is -0.347 e. The first-order chi connectivity index (χ1) is 9.83. The second kappa shape index (κ2) is 4.67. The Morgan fingerprint density at radius 3 is 2.95 bits per heavy atom. The summed E-state index contributed by atoms with van der Waals surface area (Å²) in [5.74, 6) is 1.48. The van der Waals surface area contributed by atoms with E-state index >= 15 is 0 Å². The molecule has 1 aliphatic rings. The molecule has 1 atom stereocenters. The topological polar surface area (TPSA) is 4.93 Å². The molecule has 100 valence electrons. The fourth-order valence-electron chi connectivity index (χ4n) is 2.96. The summed E-state index contributed by atoms with van der Waals surface area (Å²) in [6.07, 6.45) is 2.00. The van der Waals surface area contributed by atoms with Gasteiger partial charge in [0.1, 0.15) is 5.82 Å². The molecule has 0 spiro atoms. The Morgan fingerprint density at radius 1 is 1.10 bits per heavy atom. The minimum atomic E-state index is -0.137. The van der Waals surface area contributed by atoms with Gasteiger partial charge in [-0.3, -0.25) is 0 Å². The van der Waals surface area contributed by atoms with Gasteiger partial charge in [0, 0.05) is 34.7 Å². The summed E-state index contributed by atoms with van der Waals surface area (Å²) >= 11 is 1.92. The van der Waals surface area contributed by atoms with Gasteiger partial charge in [-0.05, 0) is 29.8 Å². The highest BCUT2D eigenvalue weighted by Gasteiger charge is 2.23. The summed E-state index contributed by atoms with van der Waals surface area (Å²) < 4.78 is 15.9.